The number of aliphatic hydroxyl groups excluding tert-OH is 2. The van der Waals surface area contributed by atoms with Gasteiger partial charge in [-0.05, 0) is 55.7 Å². The van der Waals surface area contributed by atoms with Crippen LogP contribution in [0.4, 0.5) is 13.2 Å². The fourth-order valence-corrected chi connectivity index (χ4v) is 3.51. The van der Waals surface area contributed by atoms with Crippen LogP contribution >= 0.6 is 11.8 Å². The predicted molar refractivity (Wildman–Crippen MR) is 95.9 cm³/mol. The molecule has 0 aromatic heterocycles. The summed E-state index contributed by atoms with van der Waals surface area (Å²) in [7, 11) is 0. The van der Waals surface area contributed by atoms with Gasteiger partial charge in [0.15, 0.2) is 0 Å². The minimum atomic E-state index is -4.36. The average Bonchev–Trinajstić information content (AvgIpc) is 2.54. The van der Waals surface area contributed by atoms with Gasteiger partial charge in [-0.2, -0.15) is 13.2 Å². The van der Waals surface area contributed by atoms with Gasteiger partial charge in [0, 0.05) is 21.9 Å². The van der Waals surface area contributed by atoms with Gasteiger partial charge in [-0.15, -0.1) is 0 Å². The highest BCUT2D eigenvalue weighted by Gasteiger charge is 2.30. The van der Waals surface area contributed by atoms with Crippen molar-refractivity contribution in [2.75, 3.05) is 6.61 Å². The van der Waals surface area contributed by atoms with Crippen molar-refractivity contribution in [3.8, 4) is 0 Å². The molecule has 0 fully saturated rings. The molecule has 26 heavy (non-hydrogen) atoms. The lowest BCUT2D eigenvalue weighted by Gasteiger charge is -2.28. The van der Waals surface area contributed by atoms with E-state index in [1.54, 1.807) is 25.1 Å². The molecule has 0 radical (unpaired) electrons. The Kier molecular flexibility index (Phi) is 6.74. The highest BCUT2D eigenvalue weighted by Crippen LogP contribution is 2.35. The monoisotopic (exact) mass is 385 g/mol. The Balaban J connectivity index is 2.10. The van der Waals surface area contributed by atoms with Crippen LogP contribution in [0, 0.1) is 0 Å². The summed E-state index contributed by atoms with van der Waals surface area (Å²) >= 11 is 1.24. The number of rotatable bonds is 7. The van der Waals surface area contributed by atoms with Crippen LogP contribution in [0.5, 0.6) is 0 Å². The van der Waals surface area contributed by atoms with E-state index in [9.17, 15) is 18.3 Å². The van der Waals surface area contributed by atoms with Gasteiger partial charge in [-0.25, -0.2) is 0 Å². The molecule has 7 heteroatoms. The largest absolute Gasteiger partial charge is 0.416 e. The van der Waals surface area contributed by atoms with Gasteiger partial charge in [-0.3, -0.25) is 0 Å². The minimum Gasteiger partial charge on any atom is -0.396 e. The molecular weight excluding hydrogens is 363 g/mol. The van der Waals surface area contributed by atoms with Crippen molar-refractivity contribution in [1.29, 1.82) is 0 Å². The highest BCUT2D eigenvalue weighted by atomic mass is 32.2. The normalized spacial score (nSPS) is 15.5. The summed E-state index contributed by atoms with van der Waals surface area (Å²) < 4.78 is 38.4. The summed E-state index contributed by atoms with van der Waals surface area (Å²) in [5, 5.41) is 18.7. The molecule has 0 aliphatic carbocycles. The Bertz CT molecular complexity index is 717. The topological polar surface area (TPSA) is 66.5 Å². The molecule has 0 saturated heterocycles. The van der Waals surface area contributed by atoms with Crippen LogP contribution in [-0.4, -0.2) is 22.9 Å². The first-order valence-corrected chi connectivity index (χ1v) is 8.97. The van der Waals surface area contributed by atoms with Gasteiger partial charge < -0.3 is 15.9 Å². The van der Waals surface area contributed by atoms with Gasteiger partial charge in [0.2, 0.25) is 0 Å². The number of hydrogen-bond acceptors (Lipinski definition) is 4. The summed E-state index contributed by atoms with van der Waals surface area (Å²) in [6.07, 6.45) is -4.50. The van der Waals surface area contributed by atoms with Crippen LogP contribution in [0.25, 0.3) is 0 Å². The van der Waals surface area contributed by atoms with Gasteiger partial charge in [0.1, 0.15) is 0 Å². The molecule has 0 aliphatic rings. The summed E-state index contributed by atoms with van der Waals surface area (Å²) in [6, 6.07) is 12.4. The molecule has 0 aliphatic heterocycles. The lowest BCUT2D eigenvalue weighted by molar-refractivity contribution is -0.137. The van der Waals surface area contributed by atoms with E-state index >= 15 is 0 Å². The Hall–Kier alpha value is -1.54. The average molecular weight is 385 g/mol. The van der Waals surface area contributed by atoms with E-state index in [0.29, 0.717) is 11.3 Å². The predicted octanol–water partition coefficient (Wildman–Crippen LogP) is 4.16. The second-order valence-electron chi connectivity index (χ2n) is 6.44. The molecule has 0 amide bonds. The van der Waals surface area contributed by atoms with E-state index < -0.39 is 23.4 Å². The number of halogens is 3. The molecule has 2 unspecified atom stereocenters. The maximum atomic E-state index is 12.8. The summed E-state index contributed by atoms with van der Waals surface area (Å²) in [5.41, 5.74) is 5.63. The Morgan fingerprint density at radius 2 is 1.69 bits per heavy atom. The van der Waals surface area contributed by atoms with Crippen molar-refractivity contribution in [3.05, 3.63) is 59.7 Å². The minimum absolute atomic E-state index is 0.107. The molecule has 142 valence electrons. The zero-order valence-electron chi connectivity index (χ0n) is 14.3. The van der Waals surface area contributed by atoms with Crippen molar-refractivity contribution < 1.29 is 23.4 Å². The summed E-state index contributed by atoms with van der Waals surface area (Å²) in [5.74, 6) is 0. The molecular formula is C19H22F3NO2S. The van der Waals surface area contributed by atoms with E-state index in [0.717, 1.165) is 22.6 Å². The molecule has 0 saturated carbocycles. The van der Waals surface area contributed by atoms with Gasteiger partial charge in [0.25, 0.3) is 0 Å². The van der Waals surface area contributed by atoms with Crippen molar-refractivity contribution in [3.63, 3.8) is 0 Å². The number of aliphatic hydroxyl groups is 2. The molecule has 0 spiro atoms. The second-order valence-corrected chi connectivity index (χ2v) is 7.59. The van der Waals surface area contributed by atoms with Crippen molar-refractivity contribution in [1.82, 2.24) is 0 Å². The molecule has 3 nitrogen and oxygen atoms in total. The van der Waals surface area contributed by atoms with E-state index in [1.165, 1.54) is 17.8 Å². The van der Waals surface area contributed by atoms with Crippen molar-refractivity contribution >= 4 is 11.8 Å². The Labute approximate surface area is 155 Å². The SMILES string of the molecule is CC(N)(CC(O)CCO)c1ccc(Sc2cccc(C(F)(F)F)c2)cc1. The first kappa shape index (κ1) is 20.8. The molecule has 2 atom stereocenters. The Morgan fingerprint density at radius 1 is 1.04 bits per heavy atom. The van der Waals surface area contributed by atoms with Crippen LogP contribution in [-0.2, 0) is 11.7 Å². The maximum absolute atomic E-state index is 12.8. The number of benzene rings is 2. The van der Waals surface area contributed by atoms with Crippen LogP contribution in [0.15, 0.2) is 58.3 Å². The molecule has 2 rings (SSSR count). The van der Waals surface area contributed by atoms with Crippen LogP contribution < -0.4 is 5.73 Å². The summed E-state index contributed by atoms with van der Waals surface area (Å²) in [6.45, 7) is 1.69. The molecule has 0 bridgehead atoms. The standard InChI is InChI=1S/C19H22F3NO2S/c1-18(23,12-15(25)9-10-24)13-5-7-16(8-6-13)26-17-4-2-3-14(11-17)19(20,21)22/h2-8,11,15,24-25H,9-10,12,23H2,1H3. The lowest BCUT2D eigenvalue weighted by Crippen LogP contribution is -2.37. The lowest BCUT2D eigenvalue weighted by atomic mass is 9.87. The van der Waals surface area contributed by atoms with E-state index in [4.69, 9.17) is 10.8 Å². The highest BCUT2D eigenvalue weighted by molar-refractivity contribution is 7.99. The summed E-state index contributed by atoms with van der Waals surface area (Å²) in [4.78, 5) is 1.29. The number of hydrogen-bond donors (Lipinski definition) is 3. The second kappa shape index (κ2) is 8.43. The first-order chi connectivity index (χ1) is 12.1. The molecule has 2 aromatic rings. The van der Waals surface area contributed by atoms with E-state index in [-0.39, 0.29) is 13.0 Å². The first-order valence-electron chi connectivity index (χ1n) is 8.15. The van der Waals surface area contributed by atoms with E-state index in [1.807, 2.05) is 12.1 Å². The van der Waals surface area contributed by atoms with Gasteiger partial charge >= 0.3 is 6.18 Å². The zero-order valence-corrected chi connectivity index (χ0v) is 15.1. The third kappa shape index (κ3) is 5.74. The van der Waals surface area contributed by atoms with Crippen LogP contribution in [0.1, 0.15) is 30.9 Å². The zero-order chi connectivity index (χ0) is 19.4. The van der Waals surface area contributed by atoms with E-state index in [2.05, 4.69) is 0 Å². The van der Waals surface area contributed by atoms with Crippen molar-refractivity contribution in [2.24, 2.45) is 5.73 Å². The third-order valence-electron chi connectivity index (χ3n) is 4.03. The molecule has 4 N–H and O–H groups in total. The number of alkyl halides is 3. The van der Waals surface area contributed by atoms with Crippen molar-refractivity contribution in [2.45, 2.75) is 47.4 Å². The third-order valence-corrected chi connectivity index (χ3v) is 5.03. The van der Waals surface area contributed by atoms with Gasteiger partial charge in [-0.1, -0.05) is 30.0 Å². The maximum Gasteiger partial charge on any atom is 0.416 e. The fraction of sp³-hybridized carbons (Fsp3) is 0.368. The van der Waals surface area contributed by atoms with Crippen LogP contribution in [0.2, 0.25) is 0 Å². The number of nitrogens with two attached hydrogens (primary N) is 1. The quantitative estimate of drug-likeness (QED) is 0.669. The molecule has 0 heterocycles. The van der Waals surface area contributed by atoms with Crippen LogP contribution in [0.3, 0.4) is 0 Å². The van der Waals surface area contributed by atoms with Gasteiger partial charge in [0.05, 0.1) is 11.7 Å². The molecule has 2 aromatic carbocycles. The smallest absolute Gasteiger partial charge is 0.396 e. The fourth-order valence-electron chi connectivity index (χ4n) is 2.63. The Morgan fingerprint density at radius 3 is 2.27 bits per heavy atom.